The van der Waals surface area contributed by atoms with Gasteiger partial charge in [-0.3, -0.25) is 4.90 Å². The summed E-state index contributed by atoms with van der Waals surface area (Å²) in [6.45, 7) is 24.1. The molecule has 0 spiro atoms. The minimum absolute atomic E-state index is 0.341. The molecule has 0 saturated heterocycles. The van der Waals surface area contributed by atoms with E-state index in [1.807, 2.05) is 87.4 Å². The number of nitrogens with one attached hydrogen (secondary N) is 1. The Morgan fingerprint density at radius 1 is 1.17 bits per heavy atom. The standard InChI is InChI=1S/C17H22BrN3O2.3C2H6/c1-11(2)9-21(16(22)23-17(3,4)5)10-15-19-13-7-6-12(18)8-14(13)20-15;3*1-2/h6-8H,1,9-10H2,2-5H3,(H,19,20);3*1-2H3. The summed E-state index contributed by atoms with van der Waals surface area (Å²) in [5.41, 5.74) is 2.13. The number of hydrogen-bond donors (Lipinski definition) is 1. The van der Waals surface area contributed by atoms with Gasteiger partial charge in [0.1, 0.15) is 11.4 Å². The van der Waals surface area contributed by atoms with Crippen LogP contribution in [0.15, 0.2) is 34.8 Å². The normalized spacial score (nSPS) is 9.76. The molecule has 1 heterocycles. The number of benzene rings is 1. The van der Waals surface area contributed by atoms with E-state index in [1.54, 1.807) is 4.90 Å². The maximum Gasteiger partial charge on any atom is 0.410 e. The zero-order valence-corrected chi connectivity index (χ0v) is 21.5. The molecular weight excluding hydrogens is 430 g/mol. The predicted octanol–water partition coefficient (Wildman–Crippen LogP) is 7.72. The Balaban J connectivity index is 0. The summed E-state index contributed by atoms with van der Waals surface area (Å²) in [5, 5.41) is 0. The number of carbonyl (C=O) groups excluding carboxylic acids is 1. The van der Waals surface area contributed by atoms with Crippen LogP contribution in [0, 0.1) is 0 Å². The van der Waals surface area contributed by atoms with Crippen LogP contribution in [0.1, 0.15) is 75.1 Å². The van der Waals surface area contributed by atoms with Gasteiger partial charge in [0.2, 0.25) is 0 Å². The van der Waals surface area contributed by atoms with Gasteiger partial charge in [-0.25, -0.2) is 9.78 Å². The van der Waals surface area contributed by atoms with Crippen LogP contribution in [0.5, 0.6) is 0 Å². The molecule has 29 heavy (non-hydrogen) atoms. The van der Waals surface area contributed by atoms with Gasteiger partial charge < -0.3 is 9.72 Å². The Hall–Kier alpha value is -1.82. The van der Waals surface area contributed by atoms with E-state index < -0.39 is 5.60 Å². The van der Waals surface area contributed by atoms with Crippen molar-refractivity contribution in [2.75, 3.05) is 6.54 Å². The van der Waals surface area contributed by atoms with E-state index in [2.05, 4.69) is 32.5 Å². The first-order valence-corrected chi connectivity index (χ1v) is 11.2. The first-order chi connectivity index (χ1) is 13.6. The SMILES string of the molecule is C=C(C)CN(Cc1nc2ccc(Br)cc2[nH]1)C(=O)OC(C)(C)C.CC.CC.CC. The van der Waals surface area contributed by atoms with Crippen LogP contribution in [0.2, 0.25) is 0 Å². The number of carbonyl (C=O) groups is 1. The van der Waals surface area contributed by atoms with Crippen molar-refractivity contribution in [2.45, 2.75) is 81.4 Å². The second kappa shape index (κ2) is 15.1. The molecule has 2 rings (SSSR count). The smallest absolute Gasteiger partial charge is 0.410 e. The lowest BCUT2D eigenvalue weighted by Gasteiger charge is -2.27. The van der Waals surface area contributed by atoms with Gasteiger partial charge in [-0.05, 0) is 45.9 Å². The van der Waals surface area contributed by atoms with Crippen LogP contribution in [-0.4, -0.2) is 33.1 Å². The van der Waals surface area contributed by atoms with E-state index in [9.17, 15) is 4.79 Å². The minimum Gasteiger partial charge on any atom is -0.444 e. The summed E-state index contributed by atoms with van der Waals surface area (Å²) in [5.74, 6) is 0.713. The van der Waals surface area contributed by atoms with Crippen LogP contribution in [0.4, 0.5) is 4.79 Å². The maximum atomic E-state index is 12.4. The van der Waals surface area contributed by atoms with Crippen LogP contribution in [-0.2, 0) is 11.3 Å². The largest absolute Gasteiger partial charge is 0.444 e. The number of aromatic nitrogens is 2. The lowest BCUT2D eigenvalue weighted by atomic mass is 10.2. The highest BCUT2D eigenvalue weighted by molar-refractivity contribution is 9.10. The number of halogens is 1. The topological polar surface area (TPSA) is 58.2 Å². The molecule has 0 aliphatic rings. The third-order valence-corrected chi connectivity index (χ3v) is 3.44. The molecule has 0 atom stereocenters. The van der Waals surface area contributed by atoms with Crippen LogP contribution < -0.4 is 0 Å². The van der Waals surface area contributed by atoms with E-state index in [1.165, 1.54) is 0 Å². The van der Waals surface area contributed by atoms with Crippen LogP contribution in [0.3, 0.4) is 0 Å². The van der Waals surface area contributed by atoms with Gasteiger partial charge in [-0.2, -0.15) is 0 Å². The average Bonchev–Trinajstić information content (AvgIpc) is 3.06. The predicted molar refractivity (Wildman–Crippen MR) is 129 cm³/mol. The lowest BCUT2D eigenvalue weighted by Crippen LogP contribution is -2.37. The quantitative estimate of drug-likeness (QED) is 0.466. The summed E-state index contributed by atoms with van der Waals surface area (Å²) in [6, 6.07) is 5.82. The van der Waals surface area contributed by atoms with Crippen molar-refractivity contribution in [3.63, 3.8) is 0 Å². The third-order valence-electron chi connectivity index (χ3n) is 2.95. The van der Waals surface area contributed by atoms with E-state index in [0.717, 1.165) is 21.1 Å². The molecule has 0 radical (unpaired) electrons. The number of hydrogen-bond acceptors (Lipinski definition) is 3. The second-order valence-corrected chi connectivity index (χ2v) is 7.55. The van der Waals surface area contributed by atoms with E-state index in [4.69, 9.17) is 4.74 Å². The molecule has 1 aromatic heterocycles. The second-order valence-electron chi connectivity index (χ2n) is 6.64. The molecule has 2 aromatic rings. The van der Waals surface area contributed by atoms with E-state index >= 15 is 0 Å². The monoisotopic (exact) mass is 469 g/mol. The zero-order valence-electron chi connectivity index (χ0n) is 19.9. The molecule has 1 aromatic carbocycles. The number of aromatic amines is 1. The van der Waals surface area contributed by atoms with Gasteiger partial charge in [0, 0.05) is 11.0 Å². The molecular formula is C23H40BrN3O2. The first kappa shape index (κ1) is 29.4. The van der Waals surface area contributed by atoms with Crippen molar-refractivity contribution in [2.24, 2.45) is 0 Å². The van der Waals surface area contributed by atoms with Crippen molar-refractivity contribution in [1.82, 2.24) is 14.9 Å². The number of amides is 1. The first-order valence-electron chi connectivity index (χ1n) is 10.4. The molecule has 0 fully saturated rings. The van der Waals surface area contributed by atoms with Crippen molar-refractivity contribution in [3.05, 3.63) is 40.6 Å². The number of H-pyrrole nitrogens is 1. The maximum absolute atomic E-state index is 12.4. The number of rotatable bonds is 4. The Kier molecular flexibility index (Phi) is 15.3. The number of nitrogens with zero attached hydrogens (tertiary/aromatic N) is 2. The van der Waals surface area contributed by atoms with Gasteiger partial charge in [0.25, 0.3) is 0 Å². The highest BCUT2D eigenvalue weighted by Crippen LogP contribution is 2.19. The van der Waals surface area contributed by atoms with Crippen LogP contribution in [0.25, 0.3) is 11.0 Å². The molecule has 0 unspecified atom stereocenters. The summed E-state index contributed by atoms with van der Waals surface area (Å²) < 4.78 is 6.44. The molecule has 166 valence electrons. The Morgan fingerprint density at radius 3 is 2.21 bits per heavy atom. The zero-order chi connectivity index (χ0) is 23.2. The summed E-state index contributed by atoms with van der Waals surface area (Å²) in [4.78, 5) is 21.7. The average molecular weight is 470 g/mol. The van der Waals surface area contributed by atoms with Crippen molar-refractivity contribution in [3.8, 4) is 0 Å². The molecule has 6 heteroatoms. The Morgan fingerprint density at radius 2 is 1.72 bits per heavy atom. The molecule has 0 saturated carbocycles. The van der Waals surface area contributed by atoms with Crippen molar-refractivity contribution < 1.29 is 9.53 Å². The fourth-order valence-corrected chi connectivity index (χ4v) is 2.49. The minimum atomic E-state index is -0.539. The fourth-order valence-electron chi connectivity index (χ4n) is 2.13. The van der Waals surface area contributed by atoms with Crippen molar-refractivity contribution in [1.29, 1.82) is 0 Å². The Bertz CT molecular complexity index is 733. The molecule has 1 N–H and O–H groups in total. The van der Waals surface area contributed by atoms with Gasteiger partial charge >= 0.3 is 6.09 Å². The van der Waals surface area contributed by atoms with Gasteiger partial charge in [0.15, 0.2) is 0 Å². The third kappa shape index (κ3) is 11.7. The van der Waals surface area contributed by atoms with E-state index in [0.29, 0.717) is 18.9 Å². The summed E-state index contributed by atoms with van der Waals surface area (Å²) in [7, 11) is 0. The van der Waals surface area contributed by atoms with Crippen molar-refractivity contribution >= 4 is 33.1 Å². The highest BCUT2D eigenvalue weighted by Gasteiger charge is 2.23. The number of ether oxygens (including phenoxy) is 1. The van der Waals surface area contributed by atoms with E-state index in [-0.39, 0.29) is 6.09 Å². The molecule has 0 aliphatic heterocycles. The molecule has 0 aliphatic carbocycles. The highest BCUT2D eigenvalue weighted by atomic mass is 79.9. The van der Waals surface area contributed by atoms with Gasteiger partial charge in [-0.1, -0.05) is 69.6 Å². The van der Waals surface area contributed by atoms with Crippen LogP contribution >= 0.6 is 15.9 Å². The number of imidazole rings is 1. The molecule has 0 bridgehead atoms. The van der Waals surface area contributed by atoms with Gasteiger partial charge in [0.05, 0.1) is 17.6 Å². The fraction of sp³-hybridized carbons (Fsp3) is 0.565. The Labute approximate surface area is 186 Å². The lowest BCUT2D eigenvalue weighted by molar-refractivity contribution is 0.0247. The summed E-state index contributed by atoms with van der Waals surface area (Å²) >= 11 is 3.44. The number of fused-ring (bicyclic) bond motifs is 1. The summed E-state index contributed by atoms with van der Waals surface area (Å²) in [6.07, 6.45) is -0.373. The molecule has 1 amide bonds. The van der Waals surface area contributed by atoms with Gasteiger partial charge in [-0.15, -0.1) is 0 Å². The molecule has 5 nitrogen and oxygen atoms in total.